The van der Waals surface area contributed by atoms with Crippen molar-refractivity contribution < 1.29 is 19.1 Å². The Morgan fingerprint density at radius 1 is 1.28 bits per heavy atom. The summed E-state index contributed by atoms with van der Waals surface area (Å²) in [5.74, 6) is 0.812. The van der Waals surface area contributed by atoms with Gasteiger partial charge in [-0.25, -0.2) is 0 Å². The van der Waals surface area contributed by atoms with Crippen LogP contribution in [0.15, 0.2) is 48.5 Å². The summed E-state index contributed by atoms with van der Waals surface area (Å²) in [6.45, 7) is 1.68. The van der Waals surface area contributed by atoms with Crippen molar-refractivity contribution >= 4 is 29.3 Å². The van der Waals surface area contributed by atoms with Gasteiger partial charge in [0.05, 0.1) is 12.8 Å². The van der Waals surface area contributed by atoms with Crippen LogP contribution in [0.2, 0.25) is 0 Å². The number of anilines is 2. The zero-order valence-electron chi connectivity index (χ0n) is 13.9. The summed E-state index contributed by atoms with van der Waals surface area (Å²) in [7, 11) is 1.59. The second-order valence-electron chi connectivity index (χ2n) is 5.56. The molecule has 3 rings (SSSR count). The Bertz CT molecular complexity index is 845. The molecule has 1 unspecified atom stereocenters. The number of carbonyl (C=O) groups is 2. The number of fused-ring (bicyclic) bond motifs is 1. The van der Waals surface area contributed by atoms with Crippen LogP contribution in [0, 0.1) is 0 Å². The third kappa shape index (κ3) is 3.98. The number of carbonyl (C=O) groups excluding carboxylic acids is 2. The number of nitrogens with one attached hydrogen (secondary N) is 2. The maximum absolute atomic E-state index is 12.1. The van der Waals surface area contributed by atoms with Crippen LogP contribution in [-0.4, -0.2) is 25.0 Å². The molecule has 1 aliphatic heterocycles. The number of hydrogen-bond donors (Lipinski definition) is 2. The van der Waals surface area contributed by atoms with E-state index in [1.165, 1.54) is 6.08 Å². The van der Waals surface area contributed by atoms with E-state index in [2.05, 4.69) is 10.6 Å². The van der Waals surface area contributed by atoms with Gasteiger partial charge in [0.15, 0.2) is 6.10 Å². The second-order valence-corrected chi connectivity index (χ2v) is 5.56. The average molecular weight is 338 g/mol. The standard InChI is InChI=1S/C19H18N2O4/c1-12-19(23)21-16-11-14(7-8-17(16)25-12)20-18(22)9-6-13-4-3-5-15(10-13)24-2/h3-12H,1-2H3,(H,20,22)(H,21,23)/b9-6+. The van der Waals surface area contributed by atoms with Crippen LogP contribution in [0.4, 0.5) is 11.4 Å². The first-order chi connectivity index (χ1) is 12.0. The topological polar surface area (TPSA) is 76.7 Å². The van der Waals surface area contributed by atoms with Crippen molar-refractivity contribution in [2.75, 3.05) is 17.7 Å². The Hall–Kier alpha value is -3.28. The maximum Gasteiger partial charge on any atom is 0.265 e. The predicted molar refractivity (Wildman–Crippen MR) is 95.8 cm³/mol. The second kappa shape index (κ2) is 7.09. The summed E-state index contributed by atoms with van der Waals surface area (Å²) < 4.78 is 10.6. The van der Waals surface area contributed by atoms with Crippen molar-refractivity contribution in [3.8, 4) is 11.5 Å². The van der Waals surface area contributed by atoms with Gasteiger partial charge < -0.3 is 20.1 Å². The van der Waals surface area contributed by atoms with E-state index in [0.29, 0.717) is 17.1 Å². The van der Waals surface area contributed by atoms with E-state index in [1.807, 2.05) is 24.3 Å². The Morgan fingerprint density at radius 3 is 2.92 bits per heavy atom. The molecule has 6 nitrogen and oxygen atoms in total. The minimum Gasteiger partial charge on any atom is -0.497 e. The fourth-order valence-corrected chi connectivity index (χ4v) is 2.39. The van der Waals surface area contributed by atoms with E-state index in [9.17, 15) is 9.59 Å². The Morgan fingerprint density at radius 2 is 2.12 bits per heavy atom. The van der Waals surface area contributed by atoms with Gasteiger partial charge in [0.25, 0.3) is 5.91 Å². The third-order valence-corrected chi connectivity index (χ3v) is 3.70. The first-order valence-electron chi connectivity index (χ1n) is 7.80. The highest BCUT2D eigenvalue weighted by Gasteiger charge is 2.23. The fourth-order valence-electron chi connectivity index (χ4n) is 2.39. The molecular formula is C19H18N2O4. The SMILES string of the molecule is COc1cccc(/C=C/C(=O)Nc2ccc3c(c2)NC(=O)C(C)O3)c1. The molecule has 25 heavy (non-hydrogen) atoms. The lowest BCUT2D eigenvalue weighted by Gasteiger charge is -2.23. The minimum atomic E-state index is -0.529. The number of benzene rings is 2. The molecule has 1 atom stereocenters. The molecule has 2 amide bonds. The Labute approximate surface area is 145 Å². The quantitative estimate of drug-likeness (QED) is 0.840. The van der Waals surface area contributed by atoms with Gasteiger partial charge >= 0.3 is 0 Å². The molecule has 0 bridgehead atoms. The lowest BCUT2D eigenvalue weighted by atomic mass is 10.2. The zero-order chi connectivity index (χ0) is 17.8. The molecule has 128 valence electrons. The van der Waals surface area contributed by atoms with Crippen LogP contribution in [0.25, 0.3) is 6.08 Å². The normalized spacial score (nSPS) is 15.9. The largest absolute Gasteiger partial charge is 0.497 e. The van der Waals surface area contributed by atoms with Crippen LogP contribution >= 0.6 is 0 Å². The smallest absolute Gasteiger partial charge is 0.265 e. The van der Waals surface area contributed by atoms with Crippen molar-refractivity contribution in [1.29, 1.82) is 0 Å². The summed E-state index contributed by atoms with van der Waals surface area (Å²) in [6.07, 6.45) is 2.60. The summed E-state index contributed by atoms with van der Waals surface area (Å²) in [4.78, 5) is 23.7. The summed E-state index contributed by atoms with van der Waals surface area (Å²) in [5, 5.41) is 5.50. The lowest BCUT2D eigenvalue weighted by Crippen LogP contribution is -2.34. The average Bonchev–Trinajstić information content (AvgIpc) is 2.61. The molecule has 1 heterocycles. The van der Waals surface area contributed by atoms with Crippen LogP contribution in [-0.2, 0) is 9.59 Å². The van der Waals surface area contributed by atoms with Gasteiger partial charge in [0.2, 0.25) is 5.91 Å². The van der Waals surface area contributed by atoms with E-state index in [0.717, 1.165) is 11.3 Å². The molecule has 0 aliphatic carbocycles. The minimum absolute atomic E-state index is 0.214. The molecule has 0 aromatic heterocycles. The Balaban J connectivity index is 1.68. The molecule has 0 radical (unpaired) electrons. The van der Waals surface area contributed by atoms with Gasteiger partial charge in [-0.15, -0.1) is 0 Å². The third-order valence-electron chi connectivity index (χ3n) is 3.70. The van der Waals surface area contributed by atoms with Gasteiger partial charge in [-0.2, -0.15) is 0 Å². The van der Waals surface area contributed by atoms with E-state index < -0.39 is 6.10 Å². The number of methoxy groups -OCH3 is 1. The zero-order valence-corrected chi connectivity index (χ0v) is 13.9. The van der Waals surface area contributed by atoms with E-state index in [4.69, 9.17) is 9.47 Å². The van der Waals surface area contributed by atoms with Gasteiger partial charge in [-0.1, -0.05) is 12.1 Å². The number of ether oxygens (including phenoxy) is 2. The molecule has 2 aromatic carbocycles. The van der Waals surface area contributed by atoms with Gasteiger partial charge in [-0.05, 0) is 48.9 Å². The first kappa shape index (κ1) is 16.6. The van der Waals surface area contributed by atoms with Crippen molar-refractivity contribution in [3.63, 3.8) is 0 Å². The molecule has 2 N–H and O–H groups in total. The van der Waals surface area contributed by atoms with Crippen LogP contribution in [0.3, 0.4) is 0 Å². The van der Waals surface area contributed by atoms with E-state index >= 15 is 0 Å². The monoisotopic (exact) mass is 338 g/mol. The summed E-state index contributed by atoms with van der Waals surface area (Å²) in [5.41, 5.74) is 1.96. The van der Waals surface area contributed by atoms with Crippen molar-refractivity contribution in [2.24, 2.45) is 0 Å². The van der Waals surface area contributed by atoms with Crippen LogP contribution in [0.1, 0.15) is 12.5 Å². The van der Waals surface area contributed by atoms with Crippen molar-refractivity contribution in [3.05, 3.63) is 54.1 Å². The molecule has 2 aromatic rings. The van der Waals surface area contributed by atoms with Crippen molar-refractivity contribution in [1.82, 2.24) is 0 Å². The number of hydrogen-bond acceptors (Lipinski definition) is 4. The highest BCUT2D eigenvalue weighted by molar-refractivity contribution is 6.03. The fraction of sp³-hybridized carbons (Fsp3) is 0.158. The first-order valence-corrected chi connectivity index (χ1v) is 7.80. The lowest BCUT2D eigenvalue weighted by molar-refractivity contribution is -0.122. The van der Waals surface area contributed by atoms with E-state index in [-0.39, 0.29) is 11.8 Å². The highest BCUT2D eigenvalue weighted by atomic mass is 16.5. The molecule has 0 spiro atoms. The molecular weight excluding hydrogens is 320 g/mol. The molecule has 1 aliphatic rings. The van der Waals surface area contributed by atoms with E-state index in [1.54, 1.807) is 38.3 Å². The van der Waals surface area contributed by atoms with Gasteiger partial charge in [0.1, 0.15) is 11.5 Å². The number of rotatable bonds is 4. The van der Waals surface area contributed by atoms with Crippen LogP contribution < -0.4 is 20.1 Å². The summed E-state index contributed by atoms with van der Waals surface area (Å²) in [6, 6.07) is 12.5. The molecule has 0 saturated carbocycles. The molecule has 0 fully saturated rings. The molecule has 6 heteroatoms. The van der Waals surface area contributed by atoms with Gasteiger partial charge in [-0.3, -0.25) is 9.59 Å². The number of amides is 2. The maximum atomic E-state index is 12.1. The predicted octanol–water partition coefficient (Wildman–Crippen LogP) is 3.07. The van der Waals surface area contributed by atoms with Crippen LogP contribution in [0.5, 0.6) is 11.5 Å². The van der Waals surface area contributed by atoms with Gasteiger partial charge in [0, 0.05) is 11.8 Å². The summed E-state index contributed by atoms with van der Waals surface area (Å²) >= 11 is 0. The Kier molecular flexibility index (Phi) is 4.70. The highest BCUT2D eigenvalue weighted by Crippen LogP contribution is 2.32. The molecule has 0 saturated heterocycles. The van der Waals surface area contributed by atoms with Crippen molar-refractivity contribution in [2.45, 2.75) is 13.0 Å².